The molecule has 0 fully saturated rings. The van der Waals surface area contributed by atoms with E-state index in [1.54, 1.807) is 22.7 Å². The van der Waals surface area contributed by atoms with Crippen LogP contribution in [0.15, 0.2) is 116 Å². The molecule has 0 aliphatic carbocycles. The van der Waals surface area contributed by atoms with Crippen molar-refractivity contribution < 1.29 is 0 Å². The number of H-pyrrole nitrogens is 2. The maximum absolute atomic E-state index is 5.47. The van der Waals surface area contributed by atoms with Crippen molar-refractivity contribution in [3.05, 3.63) is 129 Å². The molecular weight excluding hydrogens is 713 g/mol. The lowest BCUT2D eigenvalue weighted by Crippen LogP contribution is -1.99. The van der Waals surface area contributed by atoms with Crippen LogP contribution < -0.4 is 0 Å². The molecule has 0 spiro atoms. The number of hydrogen-bond donors (Lipinski definition) is 2. The Morgan fingerprint density at radius 1 is 0.442 bits per heavy atom. The van der Waals surface area contributed by atoms with Gasteiger partial charge in [-0.25, -0.2) is 9.97 Å². The minimum absolute atomic E-state index is 0.0326. The first-order chi connectivity index (χ1) is 25.4. The second-order valence-corrected chi connectivity index (χ2v) is 18.9. The van der Waals surface area contributed by atoms with Crippen molar-refractivity contribution in [1.82, 2.24) is 19.9 Å². The van der Waals surface area contributed by atoms with E-state index in [9.17, 15) is 0 Å². The number of benzene rings is 2. The second kappa shape index (κ2) is 13.6. The van der Waals surface area contributed by atoms with Gasteiger partial charge >= 0.3 is 0 Å². The number of hydrogen-bond acceptors (Lipinski definition) is 4. The summed E-state index contributed by atoms with van der Waals surface area (Å²) in [5.74, 6) is 0. The Balaban J connectivity index is 1.49. The lowest BCUT2D eigenvalue weighted by molar-refractivity contribution is 1.30. The zero-order chi connectivity index (χ0) is 35.3. The fourth-order valence-electron chi connectivity index (χ4n) is 7.25. The van der Waals surface area contributed by atoms with E-state index >= 15 is 0 Å². The Hall–Kier alpha value is -4.86. The minimum atomic E-state index is 0.0326. The summed E-state index contributed by atoms with van der Waals surface area (Å²) >= 11 is 3.41. The average molecular weight is 749 g/mol. The summed E-state index contributed by atoms with van der Waals surface area (Å²) < 4.78 is 0. The number of nitrogens with one attached hydrogen (secondary N) is 2. The lowest BCUT2D eigenvalue weighted by atomic mass is 10.0. The Kier molecular flexibility index (Phi) is 8.63. The summed E-state index contributed by atoms with van der Waals surface area (Å²) in [7, 11) is 0.0652. The molecule has 0 amide bonds. The molecule has 2 N–H and O–H groups in total. The molecule has 7 heterocycles. The van der Waals surface area contributed by atoms with Crippen molar-refractivity contribution >= 4 is 90.8 Å². The van der Waals surface area contributed by atoms with Gasteiger partial charge in [0.25, 0.3) is 0 Å². The Morgan fingerprint density at radius 2 is 0.808 bits per heavy atom. The minimum Gasteiger partial charge on any atom is -0.354 e. The Labute approximate surface area is 317 Å². The van der Waals surface area contributed by atoms with Crippen LogP contribution in [-0.4, -0.2) is 45.0 Å². The average Bonchev–Trinajstić information content (AvgIpc) is 4.00. The number of nitrogens with zero attached hydrogens (tertiary/aromatic N) is 2. The van der Waals surface area contributed by atoms with Gasteiger partial charge in [0, 0.05) is 77.2 Å². The van der Waals surface area contributed by atoms with Crippen LogP contribution in [0.3, 0.4) is 0 Å². The normalized spacial score (nSPS) is 12.4. The molecule has 2 aliphatic rings. The first kappa shape index (κ1) is 33.0. The van der Waals surface area contributed by atoms with E-state index < -0.39 is 0 Å². The third-order valence-corrected chi connectivity index (χ3v) is 13.4. The first-order valence-electron chi connectivity index (χ1n) is 17.0. The number of thiophene rings is 2. The van der Waals surface area contributed by atoms with E-state index in [0.717, 1.165) is 78.2 Å². The summed E-state index contributed by atoms with van der Waals surface area (Å²) in [4.78, 5) is 21.4. The molecule has 52 heavy (non-hydrogen) atoms. The van der Waals surface area contributed by atoms with Crippen LogP contribution in [0.2, 0.25) is 0 Å². The van der Waals surface area contributed by atoms with Gasteiger partial charge < -0.3 is 9.97 Å². The molecule has 0 saturated heterocycles. The molecule has 2 aromatic carbocycles. The van der Waals surface area contributed by atoms with Crippen LogP contribution in [-0.2, 0) is 21.8 Å². The molecule has 8 heteroatoms. The number of aromatic nitrogens is 4. The molecule has 2 aliphatic heterocycles. The van der Waals surface area contributed by atoms with Crippen molar-refractivity contribution in [1.29, 1.82) is 0 Å². The Bertz CT molecular complexity index is 2500. The van der Waals surface area contributed by atoms with Gasteiger partial charge in [0.15, 0.2) is 9.79 Å². The maximum atomic E-state index is 5.47. The smallest absolute Gasteiger partial charge is 0.162 e. The summed E-state index contributed by atoms with van der Waals surface area (Å²) in [6.45, 7) is 0. The van der Waals surface area contributed by atoms with E-state index in [1.807, 2.05) is 0 Å². The number of fused-ring (bicyclic) bond motifs is 8. The fraction of sp³-hybridized carbons (Fsp3) is 0.0909. The zero-order valence-corrected chi connectivity index (χ0v) is 32.5. The van der Waals surface area contributed by atoms with E-state index in [-0.39, 0.29) is 21.8 Å². The van der Waals surface area contributed by atoms with Gasteiger partial charge in [-0.1, -0.05) is 24.3 Å². The fourth-order valence-corrected chi connectivity index (χ4v) is 10.5. The summed E-state index contributed by atoms with van der Waals surface area (Å²) in [5.41, 5.74) is 16.9. The summed E-state index contributed by atoms with van der Waals surface area (Å²) in [6.07, 6.45) is 17.9. The summed E-state index contributed by atoms with van der Waals surface area (Å²) in [6, 6.07) is 30.8. The number of aromatic amines is 2. The van der Waals surface area contributed by atoms with E-state index in [2.05, 4.69) is 166 Å². The SMILES string of the molecule is C[S+](C)c1ccccc1-c1c2nc(c(-c3ccsc3)c3ccc([nH]3)c(-c3ccccc3[S+](C)C)c3nc(c(-c4ccsc4)c4ccc1[nH]4)C=C3)C=C2. The van der Waals surface area contributed by atoms with Gasteiger partial charge in [0.2, 0.25) is 0 Å². The predicted octanol–water partition coefficient (Wildman–Crippen LogP) is 11.9. The lowest BCUT2D eigenvalue weighted by Gasteiger charge is -2.09. The molecule has 254 valence electrons. The largest absolute Gasteiger partial charge is 0.354 e. The molecule has 5 aromatic heterocycles. The highest BCUT2D eigenvalue weighted by atomic mass is 32.2. The highest BCUT2D eigenvalue weighted by molar-refractivity contribution is 7.96. The van der Waals surface area contributed by atoms with Gasteiger partial charge in [-0.3, -0.25) is 0 Å². The van der Waals surface area contributed by atoms with E-state index in [0.29, 0.717) is 0 Å². The van der Waals surface area contributed by atoms with Crippen LogP contribution in [0.5, 0.6) is 0 Å². The van der Waals surface area contributed by atoms with Gasteiger partial charge in [0.1, 0.15) is 25.0 Å². The van der Waals surface area contributed by atoms with Gasteiger partial charge in [-0.15, -0.1) is 0 Å². The molecule has 7 aromatic rings. The molecule has 0 saturated carbocycles. The quantitative estimate of drug-likeness (QED) is 0.166. The molecule has 4 nitrogen and oxygen atoms in total. The molecule has 0 unspecified atom stereocenters. The van der Waals surface area contributed by atoms with Crippen molar-refractivity contribution in [3.63, 3.8) is 0 Å². The van der Waals surface area contributed by atoms with Crippen LogP contribution >= 0.6 is 22.7 Å². The standard InChI is InChI=1S/C44H36N4S4/c1-51(2)39-11-7-5-9-29(39)43-35-17-13-31(45-35)41(27-21-23-49-25-27)33-15-19-37(47-33)44(30-10-6-8-12-40(30)52(3)4)38-20-16-34(48-38)42(28-22-24-50-26-28)32-14-18-36(43)46-32/h5-26,45,48H,1-4H3/q+2. The molecule has 9 rings (SSSR count). The van der Waals surface area contributed by atoms with Crippen molar-refractivity contribution in [2.75, 3.05) is 25.0 Å². The highest BCUT2D eigenvalue weighted by Gasteiger charge is 2.24. The highest BCUT2D eigenvalue weighted by Crippen LogP contribution is 2.41. The molecule has 0 atom stereocenters. The summed E-state index contributed by atoms with van der Waals surface area (Å²) in [5, 5.41) is 8.71. The molecular formula is C44H36N4S4+2. The predicted molar refractivity (Wildman–Crippen MR) is 231 cm³/mol. The van der Waals surface area contributed by atoms with Crippen LogP contribution in [0, 0.1) is 0 Å². The molecule has 8 bridgehead atoms. The number of rotatable bonds is 6. The van der Waals surface area contributed by atoms with Crippen LogP contribution in [0.25, 0.3) is 90.9 Å². The molecule has 0 radical (unpaired) electrons. The second-order valence-electron chi connectivity index (χ2n) is 13.2. The monoisotopic (exact) mass is 748 g/mol. The topological polar surface area (TPSA) is 57.4 Å². The first-order valence-corrected chi connectivity index (χ1v) is 23.0. The van der Waals surface area contributed by atoms with Crippen LogP contribution in [0.4, 0.5) is 0 Å². The zero-order valence-electron chi connectivity index (χ0n) is 29.2. The van der Waals surface area contributed by atoms with Crippen molar-refractivity contribution in [3.8, 4) is 44.5 Å². The third-order valence-electron chi connectivity index (χ3n) is 9.57. The Morgan fingerprint density at radius 3 is 1.17 bits per heavy atom. The third kappa shape index (κ3) is 5.80. The van der Waals surface area contributed by atoms with E-state index in [1.165, 1.54) is 20.9 Å². The van der Waals surface area contributed by atoms with Crippen molar-refractivity contribution in [2.45, 2.75) is 9.79 Å². The van der Waals surface area contributed by atoms with Crippen LogP contribution in [0.1, 0.15) is 22.8 Å². The van der Waals surface area contributed by atoms with E-state index in [4.69, 9.17) is 9.97 Å². The van der Waals surface area contributed by atoms with Gasteiger partial charge in [-0.2, -0.15) is 22.7 Å². The van der Waals surface area contributed by atoms with Gasteiger partial charge in [0.05, 0.1) is 22.8 Å². The maximum Gasteiger partial charge on any atom is 0.162 e. The van der Waals surface area contributed by atoms with Crippen molar-refractivity contribution in [2.24, 2.45) is 0 Å². The van der Waals surface area contributed by atoms with Gasteiger partial charge in [-0.05, 0) is 118 Å².